The lowest BCUT2D eigenvalue weighted by Gasteiger charge is -2.34. The summed E-state index contributed by atoms with van der Waals surface area (Å²) in [4.78, 5) is 29.5. The maximum absolute atomic E-state index is 13.4. The number of carbonyl (C=O) groups is 2. The van der Waals surface area contributed by atoms with Crippen molar-refractivity contribution < 1.29 is 32.2 Å². The molecule has 1 aliphatic heterocycles. The second-order valence-corrected chi connectivity index (χ2v) is 12.1. The molecule has 3 N–H and O–H groups in total. The number of rotatable bonds is 8. The molecule has 10 nitrogen and oxygen atoms in total. The lowest BCUT2D eigenvalue weighted by atomic mass is 10.0. The van der Waals surface area contributed by atoms with E-state index in [1.165, 1.54) is 41.3 Å². The van der Waals surface area contributed by atoms with Crippen LogP contribution in [0.5, 0.6) is 5.75 Å². The summed E-state index contributed by atoms with van der Waals surface area (Å²) in [5.74, 6) is -0.542. The number of aliphatic hydroxyl groups is 1. The lowest BCUT2D eigenvalue weighted by molar-refractivity contribution is -0.134. The number of carbonyl (C=O) groups excluding carboxylic acids is 2. The molecular weight excluding hydrogens is 563 g/mol. The smallest absolute Gasteiger partial charge is 0.321 e. The van der Waals surface area contributed by atoms with Gasteiger partial charge >= 0.3 is 6.03 Å². The van der Waals surface area contributed by atoms with Gasteiger partial charge in [0.2, 0.25) is 5.91 Å². The largest absolute Gasteiger partial charge is 0.488 e. The number of likely N-dealkylation sites (N-methyl/N-ethyl adjacent to an activating group) is 1. The van der Waals surface area contributed by atoms with Crippen molar-refractivity contribution in [3.8, 4) is 5.75 Å². The summed E-state index contributed by atoms with van der Waals surface area (Å²) >= 11 is 0. The fourth-order valence-electron chi connectivity index (χ4n) is 4.63. The van der Waals surface area contributed by atoms with Crippen molar-refractivity contribution in [3.63, 3.8) is 0 Å². The molecule has 1 heterocycles. The number of anilines is 2. The van der Waals surface area contributed by atoms with E-state index in [-0.39, 0.29) is 48.5 Å². The summed E-state index contributed by atoms with van der Waals surface area (Å²) in [6, 6.07) is 17.2. The maximum Gasteiger partial charge on any atom is 0.321 e. The molecule has 0 fully saturated rings. The van der Waals surface area contributed by atoms with Crippen LogP contribution in [0.15, 0.2) is 77.7 Å². The van der Waals surface area contributed by atoms with Crippen LogP contribution in [0.2, 0.25) is 0 Å². The first-order valence-corrected chi connectivity index (χ1v) is 15.0. The maximum atomic E-state index is 13.4. The predicted molar refractivity (Wildman–Crippen MR) is 157 cm³/mol. The topological polar surface area (TPSA) is 128 Å². The van der Waals surface area contributed by atoms with Crippen LogP contribution in [-0.2, 0) is 21.2 Å². The summed E-state index contributed by atoms with van der Waals surface area (Å²) in [5.41, 5.74) is 1.15. The highest BCUT2D eigenvalue weighted by molar-refractivity contribution is 7.92. The minimum Gasteiger partial charge on any atom is -0.488 e. The van der Waals surface area contributed by atoms with Crippen molar-refractivity contribution in [2.75, 3.05) is 36.8 Å². The highest BCUT2D eigenvalue weighted by Crippen LogP contribution is 2.30. The van der Waals surface area contributed by atoms with Crippen molar-refractivity contribution in [2.45, 2.75) is 37.3 Å². The lowest BCUT2D eigenvalue weighted by Crippen LogP contribution is -2.48. The molecule has 0 saturated carbocycles. The predicted octanol–water partition coefficient (Wildman–Crippen LogP) is 3.94. The number of sulfonamides is 1. The summed E-state index contributed by atoms with van der Waals surface area (Å²) in [5, 5.41) is 12.6. The highest BCUT2D eigenvalue weighted by atomic mass is 32.2. The SMILES string of the molecule is C[C@H]1CN([C@@H](C)CO)C(=O)Cc2cc(NS(=O)(=O)c3ccccc3)ccc2O[C@H]1CN(C)C(=O)Nc1ccc(F)cc1. The van der Waals surface area contributed by atoms with Gasteiger partial charge in [0, 0.05) is 36.4 Å². The number of hydrogen-bond acceptors (Lipinski definition) is 6. The van der Waals surface area contributed by atoms with Gasteiger partial charge in [0.05, 0.1) is 30.5 Å². The second kappa shape index (κ2) is 13.2. The van der Waals surface area contributed by atoms with Crippen molar-refractivity contribution >= 4 is 33.3 Å². The zero-order valence-electron chi connectivity index (χ0n) is 23.7. The van der Waals surface area contributed by atoms with Crippen LogP contribution in [0.1, 0.15) is 19.4 Å². The molecule has 0 bridgehead atoms. The number of halogens is 1. The Morgan fingerprint density at radius 2 is 1.79 bits per heavy atom. The Kier molecular flexibility index (Phi) is 9.69. The van der Waals surface area contributed by atoms with E-state index in [2.05, 4.69) is 10.0 Å². The third-order valence-corrected chi connectivity index (χ3v) is 8.52. The number of nitrogens with one attached hydrogen (secondary N) is 2. The van der Waals surface area contributed by atoms with Gasteiger partial charge < -0.3 is 25.0 Å². The molecule has 0 saturated heterocycles. The number of urea groups is 1. The average molecular weight is 599 g/mol. The van der Waals surface area contributed by atoms with Crippen LogP contribution in [0.25, 0.3) is 0 Å². The van der Waals surface area contributed by atoms with E-state index < -0.39 is 34.0 Å². The number of hydrogen-bond donors (Lipinski definition) is 3. The Morgan fingerprint density at radius 1 is 1.12 bits per heavy atom. The Labute approximate surface area is 245 Å². The monoisotopic (exact) mass is 598 g/mol. The van der Waals surface area contributed by atoms with E-state index in [0.29, 0.717) is 17.0 Å². The molecule has 0 aromatic heterocycles. The number of aliphatic hydroxyl groups excluding tert-OH is 1. The molecule has 3 atom stereocenters. The van der Waals surface area contributed by atoms with Crippen LogP contribution in [0.3, 0.4) is 0 Å². The van der Waals surface area contributed by atoms with E-state index in [0.717, 1.165) is 0 Å². The normalized spacial score (nSPS) is 18.0. The van der Waals surface area contributed by atoms with E-state index >= 15 is 0 Å². The molecule has 0 spiro atoms. The number of fused-ring (bicyclic) bond motifs is 1. The molecule has 12 heteroatoms. The van der Waals surface area contributed by atoms with Gasteiger partial charge in [-0.2, -0.15) is 0 Å². The molecule has 3 aromatic rings. The summed E-state index contributed by atoms with van der Waals surface area (Å²) in [7, 11) is -2.27. The van der Waals surface area contributed by atoms with Gasteiger partial charge in [0.25, 0.3) is 10.0 Å². The number of amides is 3. The van der Waals surface area contributed by atoms with Gasteiger partial charge in [0.15, 0.2) is 0 Å². The van der Waals surface area contributed by atoms with Gasteiger partial charge in [-0.15, -0.1) is 0 Å². The van der Waals surface area contributed by atoms with Crippen molar-refractivity contribution in [1.82, 2.24) is 9.80 Å². The quantitative estimate of drug-likeness (QED) is 0.361. The molecule has 3 amide bonds. The Morgan fingerprint density at radius 3 is 2.45 bits per heavy atom. The minimum atomic E-state index is -3.87. The number of nitrogens with zero attached hydrogens (tertiary/aromatic N) is 2. The fourth-order valence-corrected chi connectivity index (χ4v) is 5.70. The summed E-state index contributed by atoms with van der Waals surface area (Å²) in [6.07, 6.45) is -0.653. The fraction of sp³-hybridized carbons (Fsp3) is 0.333. The first-order valence-electron chi connectivity index (χ1n) is 13.5. The number of ether oxygens (including phenoxy) is 1. The van der Waals surface area contributed by atoms with Gasteiger partial charge in [-0.3, -0.25) is 9.52 Å². The molecule has 4 rings (SSSR count). The standard InChI is InChI=1S/C30H35FN4O6S/c1-20-17-35(21(2)19-36)29(37)16-22-15-25(33-42(39,40)26-7-5-4-6-8-26)13-14-27(22)41-28(20)18-34(3)30(38)32-24-11-9-23(31)10-12-24/h4-15,20-21,28,33,36H,16-19H2,1-3H3,(H,32,38)/t20-,21-,28-/m0/s1. The third-order valence-electron chi connectivity index (χ3n) is 7.12. The highest BCUT2D eigenvalue weighted by Gasteiger charge is 2.32. The Hall–Kier alpha value is -4.16. The molecule has 0 radical (unpaired) electrons. The second-order valence-electron chi connectivity index (χ2n) is 10.4. The average Bonchev–Trinajstić information content (AvgIpc) is 3.01. The summed E-state index contributed by atoms with van der Waals surface area (Å²) < 4.78 is 48.1. The van der Waals surface area contributed by atoms with Crippen molar-refractivity contribution in [2.24, 2.45) is 5.92 Å². The first kappa shape index (κ1) is 30.8. The molecule has 42 heavy (non-hydrogen) atoms. The molecule has 0 aliphatic carbocycles. The van der Waals surface area contributed by atoms with Crippen LogP contribution >= 0.6 is 0 Å². The minimum absolute atomic E-state index is 0.0824. The molecule has 1 aliphatic rings. The van der Waals surface area contributed by atoms with Gasteiger partial charge in [-0.05, 0) is 61.5 Å². The zero-order chi connectivity index (χ0) is 30.4. The summed E-state index contributed by atoms with van der Waals surface area (Å²) in [6.45, 7) is 3.81. The Balaban J connectivity index is 1.61. The molecular formula is C30H35FN4O6S. The molecule has 224 valence electrons. The van der Waals surface area contributed by atoms with E-state index in [4.69, 9.17) is 4.74 Å². The van der Waals surface area contributed by atoms with Gasteiger partial charge in [-0.25, -0.2) is 17.6 Å². The van der Waals surface area contributed by atoms with E-state index in [1.807, 2.05) is 6.92 Å². The van der Waals surface area contributed by atoms with Crippen LogP contribution in [0.4, 0.5) is 20.6 Å². The Bertz CT molecular complexity index is 1500. The van der Waals surface area contributed by atoms with Gasteiger partial charge in [0.1, 0.15) is 17.7 Å². The van der Waals surface area contributed by atoms with E-state index in [1.54, 1.807) is 55.3 Å². The van der Waals surface area contributed by atoms with Crippen LogP contribution in [0, 0.1) is 11.7 Å². The van der Waals surface area contributed by atoms with Crippen LogP contribution in [-0.4, -0.2) is 74.2 Å². The first-order chi connectivity index (χ1) is 20.0. The van der Waals surface area contributed by atoms with Crippen LogP contribution < -0.4 is 14.8 Å². The molecule has 3 aromatic carbocycles. The zero-order valence-corrected chi connectivity index (χ0v) is 24.5. The molecule has 0 unspecified atom stereocenters. The number of benzene rings is 3. The van der Waals surface area contributed by atoms with E-state index in [9.17, 15) is 27.5 Å². The van der Waals surface area contributed by atoms with Crippen molar-refractivity contribution in [3.05, 3.63) is 84.2 Å². The van der Waals surface area contributed by atoms with Crippen molar-refractivity contribution in [1.29, 1.82) is 0 Å². The van der Waals surface area contributed by atoms with Gasteiger partial charge in [-0.1, -0.05) is 25.1 Å². The third kappa shape index (κ3) is 7.56.